The number of aryl methyl sites for hydroxylation is 1. The van der Waals surface area contributed by atoms with Gasteiger partial charge in [0.2, 0.25) is 11.8 Å². The Hall–Kier alpha value is -3.40. The lowest BCUT2D eigenvalue weighted by molar-refractivity contribution is -0.162. The van der Waals surface area contributed by atoms with Crippen molar-refractivity contribution in [2.24, 2.45) is 5.92 Å². The standard InChI is InChI=1S/C38H56N6O4/c1-4-5-20-43-35(45)34(25-30-12-8-6-9-13-30)39-36(46)38(43)18-23-41(24-19-38)26-33-28(2)40-44(29(33)3)32-16-21-42(22-17-32)37(47)48-27-31-14-10-7-11-15-31/h7,10-11,14-15,30,32,34H,4-6,8-9,12-13,16-27H2,1-3H3,(H,39,46). The van der Waals surface area contributed by atoms with Crippen LogP contribution in [0.2, 0.25) is 0 Å². The molecule has 1 aliphatic carbocycles. The van der Waals surface area contributed by atoms with Crippen molar-refractivity contribution in [3.8, 4) is 0 Å². The van der Waals surface area contributed by atoms with Gasteiger partial charge in [0.05, 0.1) is 11.7 Å². The van der Waals surface area contributed by atoms with Gasteiger partial charge in [0.15, 0.2) is 0 Å². The fraction of sp³-hybridized carbons (Fsp3) is 0.684. The molecule has 3 amide bonds. The monoisotopic (exact) mass is 660 g/mol. The summed E-state index contributed by atoms with van der Waals surface area (Å²) in [4.78, 5) is 46.8. The summed E-state index contributed by atoms with van der Waals surface area (Å²) in [6.07, 6.45) is 11.6. The van der Waals surface area contributed by atoms with Crippen LogP contribution >= 0.6 is 0 Å². The lowest BCUT2D eigenvalue weighted by Gasteiger charge is -2.52. The fourth-order valence-electron chi connectivity index (χ4n) is 8.62. The number of amides is 3. The van der Waals surface area contributed by atoms with E-state index in [0.717, 1.165) is 63.0 Å². The molecule has 2 aromatic rings. The smallest absolute Gasteiger partial charge is 0.410 e. The lowest BCUT2D eigenvalue weighted by Crippen LogP contribution is -2.73. The maximum Gasteiger partial charge on any atom is 0.410 e. The van der Waals surface area contributed by atoms with Crippen molar-refractivity contribution in [1.29, 1.82) is 0 Å². The van der Waals surface area contributed by atoms with Crippen molar-refractivity contribution in [3.63, 3.8) is 0 Å². The Morgan fingerprint density at radius 1 is 0.979 bits per heavy atom. The van der Waals surface area contributed by atoms with Crippen molar-refractivity contribution in [1.82, 2.24) is 29.8 Å². The van der Waals surface area contributed by atoms with E-state index in [2.05, 4.69) is 35.7 Å². The van der Waals surface area contributed by atoms with E-state index in [4.69, 9.17) is 9.84 Å². The van der Waals surface area contributed by atoms with E-state index in [0.29, 0.717) is 38.4 Å². The molecular weight excluding hydrogens is 604 g/mol. The van der Waals surface area contributed by atoms with Gasteiger partial charge in [0.1, 0.15) is 18.2 Å². The van der Waals surface area contributed by atoms with Gasteiger partial charge < -0.3 is 19.9 Å². The first kappa shape index (κ1) is 34.5. The highest BCUT2D eigenvalue weighted by Crippen LogP contribution is 2.37. The third-order valence-electron chi connectivity index (χ3n) is 11.7. The zero-order chi connectivity index (χ0) is 33.7. The summed E-state index contributed by atoms with van der Waals surface area (Å²) < 4.78 is 7.74. The molecule has 1 unspecified atom stereocenters. The minimum absolute atomic E-state index is 0.0640. The van der Waals surface area contributed by atoms with Crippen LogP contribution in [0, 0.1) is 19.8 Å². The highest BCUT2D eigenvalue weighted by atomic mass is 16.6. The molecule has 48 heavy (non-hydrogen) atoms. The largest absolute Gasteiger partial charge is 0.445 e. The van der Waals surface area contributed by atoms with E-state index in [-0.39, 0.29) is 36.6 Å². The topological polar surface area (TPSA) is 100 Å². The number of likely N-dealkylation sites (tertiary alicyclic amines) is 2. The Morgan fingerprint density at radius 2 is 1.69 bits per heavy atom. The summed E-state index contributed by atoms with van der Waals surface area (Å²) in [6, 6.07) is 9.65. The number of piperidine rings is 2. The average molecular weight is 661 g/mol. The highest BCUT2D eigenvalue weighted by molar-refractivity contribution is 6.00. The van der Waals surface area contributed by atoms with E-state index < -0.39 is 5.54 Å². The average Bonchev–Trinajstić information content (AvgIpc) is 3.39. The van der Waals surface area contributed by atoms with Gasteiger partial charge in [-0.3, -0.25) is 19.2 Å². The van der Waals surface area contributed by atoms with E-state index in [1.54, 1.807) is 0 Å². The molecule has 1 atom stereocenters. The molecule has 4 fully saturated rings. The number of aromatic nitrogens is 2. The van der Waals surface area contributed by atoms with Crippen LogP contribution in [0.15, 0.2) is 30.3 Å². The van der Waals surface area contributed by atoms with Crippen LogP contribution in [0.25, 0.3) is 0 Å². The van der Waals surface area contributed by atoms with Gasteiger partial charge >= 0.3 is 6.09 Å². The van der Waals surface area contributed by atoms with Gasteiger partial charge in [-0.2, -0.15) is 5.10 Å². The van der Waals surface area contributed by atoms with Crippen LogP contribution in [-0.2, 0) is 27.5 Å². The quantitative estimate of drug-likeness (QED) is 0.341. The molecule has 10 nitrogen and oxygen atoms in total. The molecular formula is C38H56N6O4. The second kappa shape index (κ2) is 15.4. The van der Waals surface area contributed by atoms with Crippen LogP contribution < -0.4 is 5.32 Å². The number of nitrogens with zero attached hydrogens (tertiary/aromatic N) is 5. The summed E-state index contributed by atoms with van der Waals surface area (Å²) in [6.45, 7) is 11.0. The van der Waals surface area contributed by atoms with Crippen LogP contribution in [0.1, 0.15) is 113 Å². The lowest BCUT2D eigenvalue weighted by atomic mass is 9.79. The molecule has 262 valence electrons. The first-order chi connectivity index (χ1) is 23.3. The fourth-order valence-corrected chi connectivity index (χ4v) is 8.62. The number of rotatable bonds is 10. The third-order valence-corrected chi connectivity index (χ3v) is 11.7. The van der Waals surface area contributed by atoms with Gasteiger partial charge in [0, 0.05) is 50.5 Å². The zero-order valence-corrected chi connectivity index (χ0v) is 29.4. The van der Waals surface area contributed by atoms with Gasteiger partial charge in [-0.05, 0) is 63.9 Å². The molecule has 3 aliphatic heterocycles. The molecule has 1 aromatic heterocycles. The maximum atomic E-state index is 13.9. The molecule has 1 spiro atoms. The van der Waals surface area contributed by atoms with Crippen LogP contribution in [0.4, 0.5) is 4.79 Å². The minimum atomic E-state index is -0.740. The number of carbonyl (C=O) groups is 3. The van der Waals surface area contributed by atoms with Gasteiger partial charge in [0.25, 0.3) is 0 Å². The van der Waals surface area contributed by atoms with Crippen molar-refractivity contribution in [3.05, 3.63) is 52.8 Å². The number of benzene rings is 1. The number of hydrogen-bond acceptors (Lipinski definition) is 6. The van der Waals surface area contributed by atoms with E-state index in [1.807, 2.05) is 40.1 Å². The number of nitrogens with one attached hydrogen (secondary N) is 1. The predicted octanol–water partition coefficient (Wildman–Crippen LogP) is 5.91. The number of hydrogen-bond donors (Lipinski definition) is 1. The second-order valence-electron chi connectivity index (χ2n) is 14.8. The maximum absolute atomic E-state index is 13.9. The molecule has 0 bridgehead atoms. The molecule has 0 radical (unpaired) electrons. The van der Waals surface area contributed by atoms with E-state index in [9.17, 15) is 14.4 Å². The summed E-state index contributed by atoms with van der Waals surface area (Å²) >= 11 is 0. The zero-order valence-electron chi connectivity index (χ0n) is 29.4. The Morgan fingerprint density at radius 3 is 2.38 bits per heavy atom. The molecule has 6 rings (SSSR count). The first-order valence-electron chi connectivity index (χ1n) is 18.6. The highest BCUT2D eigenvalue weighted by Gasteiger charge is 2.53. The molecule has 1 saturated carbocycles. The molecule has 1 N–H and O–H groups in total. The number of piperazine rings is 1. The summed E-state index contributed by atoms with van der Waals surface area (Å²) in [5.74, 6) is 0.748. The number of carbonyl (C=O) groups excluding carboxylic acids is 3. The Balaban J connectivity index is 1.04. The van der Waals surface area contributed by atoms with Gasteiger partial charge in [-0.1, -0.05) is 75.8 Å². The predicted molar refractivity (Wildman–Crippen MR) is 185 cm³/mol. The van der Waals surface area contributed by atoms with Crippen molar-refractivity contribution >= 4 is 17.9 Å². The van der Waals surface area contributed by atoms with Gasteiger partial charge in [-0.15, -0.1) is 0 Å². The molecule has 3 saturated heterocycles. The molecule has 4 heterocycles. The SMILES string of the molecule is CCCCN1C(=O)C(CC2CCCCC2)NC(=O)C12CCN(Cc1c(C)nn(C3CCN(C(=O)OCc4ccccc4)CC3)c1C)CC2. The third kappa shape index (κ3) is 7.43. The number of ether oxygens (including phenoxy) is 1. The van der Waals surface area contributed by atoms with Crippen LogP contribution in [0.3, 0.4) is 0 Å². The second-order valence-corrected chi connectivity index (χ2v) is 14.8. The van der Waals surface area contributed by atoms with Crippen molar-refractivity contribution < 1.29 is 19.1 Å². The van der Waals surface area contributed by atoms with Crippen LogP contribution in [-0.4, -0.2) is 86.7 Å². The molecule has 4 aliphatic rings. The summed E-state index contributed by atoms with van der Waals surface area (Å²) in [5.41, 5.74) is 3.71. The van der Waals surface area contributed by atoms with E-state index >= 15 is 0 Å². The Bertz CT molecular complexity index is 1400. The van der Waals surface area contributed by atoms with Gasteiger partial charge in [-0.25, -0.2) is 4.79 Å². The molecule has 10 heteroatoms. The molecule has 1 aromatic carbocycles. The first-order valence-corrected chi connectivity index (χ1v) is 18.6. The summed E-state index contributed by atoms with van der Waals surface area (Å²) in [5, 5.41) is 8.22. The van der Waals surface area contributed by atoms with Crippen LogP contribution in [0.5, 0.6) is 0 Å². The Labute approximate surface area is 286 Å². The minimum Gasteiger partial charge on any atom is -0.445 e. The summed E-state index contributed by atoms with van der Waals surface area (Å²) in [7, 11) is 0. The van der Waals surface area contributed by atoms with Crippen molar-refractivity contribution in [2.45, 2.75) is 129 Å². The Kier molecular flexibility index (Phi) is 11.1. The van der Waals surface area contributed by atoms with Crippen molar-refractivity contribution in [2.75, 3.05) is 32.7 Å². The van der Waals surface area contributed by atoms with E-state index in [1.165, 1.54) is 43.4 Å². The normalized spacial score (nSPS) is 22.7. The number of unbranched alkanes of at least 4 members (excludes halogenated alkanes) is 1.